The fourth-order valence-corrected chi connectivity index (χ4v) is 2.74. The van der Waals surface area contributed by atoms with Gasteiger partial charge in [-0.3, -0.25) is 9.48 Å². The molecule has 0 saturated heterocycles. The van der Waals surface area contributed by atoms with Crippen molar-refractivity contribution in [1.29, 1.82) is 0 Å². The van der Waals surface area contributed by atoms with E-state index < -0.39 is 5.91 Å². The maximum Gasteiger partial charge on any atom is 0.286 e. The molecule has 25 heavy (non-hydrogen) atoms. The molecule has 0 radical (unpaired) electrons. The number of aromatic nitrogens is 3. The second-order valence-electron chi connectivity index (χ2n) is 6.46. The molecular weight excluding hydrogens is 318 g/mol. The average molecular weight is 339 g/mol. The number of hydrogen-bond donors (Lipinski definition) is 2. The zero-order chi connectivity index (χ0) is 18.1. The van der Waals surface area contributed by atoms with Crippen molar-refractivity contribution in [3.63, 3.8) is 0 Å². The van der Waals surface area contributed by atoms with Gasteiger partial charge in [0.15, 0.2) is 5.69 Å². The number of carbonyl (C=O) groups excluding carboxylic acids is 1. The van der Waals surface area contributed by atoms with E-state index in [-0.39, 0.29) is 18.1 Å². The molecule has 0 aliphatic carbocycles. The van der Waals surface area contributed by atoms with Gasteiger partial charge in [-0.15, -0.1) is 10.2 Å². The summed E-state index contributed by atoms with van der Waals surface area (Å²) in [6.07, 6.45) is 0. The van der Waals surface area contributed by atoms with Crippen molar-refractivity contribution in [3.8, 4) is 5.88 Å². The maximum atomic E-state index is 12.1. The molecule has 2 heterocycles. The average Bonchev–Trinajstić information content (AvgIpc) is 3.02. The van der Waals surface area contributed by atoms with Crippen molar-refractivity contribution in [1.82, 2.24) is 14.8 Å². The first-order valence-electron chi connectivity index (χ1n) is 8.15. The number of fused-ring (bicyclic) bond motifs is 1. The van der Waals surface area contributed by atoms with Crippen LogP contribution in [-0.4, -0.2) is 25.8 Å². The van der Waals surface area contributed by atoms with Crippen molar-refractivity contribution in [2.24, 2.45) is 10.2 Å². The van der Waals surface area contributed by atoms with Crippen LogP contribution >= 0.6 is 0 Å². The molecule has 130 valence electrons. The van der Waals surface area contributed by atoms with E-state index in [1.165, 1.54) is 0 Å². The number of aryl methyl sites for hydroxylation is 2. The summed E-state index contributed by atoms with van der Waals surface area (Å²) in [5.41, 5.74) is 3.88. The van der Waals surface area contributed by atoms with Crippen molar-refractivity contribution in [2.45, 2.75) is 40.2 Å². The lowest BCUT2D eigenvalue weighted by molar-refractivity contribution is -0.119. The second kappa shape index (κ2) is 6.51. The first-order valence-corrected chi connectivity index (χ1v) is 8.15. The minimum absolute atomic E-state index is 0.0174. The number of benzene rings is 1. The van der Waals surface area contributed by atoms with Gasteiger partial charge in [-0.2, -0.15) is 5.10 Å². The van der Waals surface area contributed by atoms with Crippen LogP contribution in [0.2, 0.25) is 0 Å². The molecule has 7 nitrogen and oxygen atoms in total. The minimum atomic E-state index is -0.431. The summed E-state index contributed by atoms with van der Waals surface area (Å²) in [6, 6.07) is 7.73. The third kappa shape index (κ3) is 3.45. The highest BCUT2D eigenvalue weighted by atomic mass is 16.3. The first-order chi connectivity index (χ1) is 11.8. The fraction of sp³-hybridized carbons (Fsp3) is 0.333. The molecule has 2 N–H and O–H groups in total. The molecule has 3 aromatic rings. The molecule has 7 heteroatoms. The van der Waals surface area contributed by atoms with Crippen LogP contribution in [0.3, 0.4) is 0 Å². The summed E-state index contributed by atoms with van der Waals surface area (Å²) in [5, 5.41) is 22.8. The van der Waals surface area contributed by atoms with E-state index in [0.29, 0.717) is 5.92 Å². The normalized spacial score (nSPS) is 11.9. The Hall–Kier alpha value is -2.96. The summed E-state index contributed by atoms with van der Waals surface area (Å²) < 4.78 is 1.59. The molecule has 0 saturated carbocycles. The highest BCUT2D eigenvalue weighted by molar-refractivity contribution is 5.95. The van der Waals surface area contributed by atoms with Crippen LogP contribution in [0.5, 0.6) is 5.88 Å². The molecule has 0 aliphatic rings. The van der Waals surface area contributed by atoms with Crippen LogP contribution in [0.4, 0.5) is 5.69 Å². The topological polar surface area (TPSA) is 95.6 Å². The Kier molecular flexibility index (Phi) is 4.39. The molecule has 0 spiro atoms. The summed E-state index contributed by atoms with van der Waals surface area (Å²) in [4.78, 5) is 14.9. The van der Waals surface area contributed by atoms with Gasteiger partial charge in [0.05, 0.1) is 11.2 Å². The molecule has 3 rings (SSSR count). The van der Waals surface area contributed by atoms with Gasteiger partial charge in [0.1, 0.15) is 6.54 Å². The Morgan fingerprint density at radius 3 is 2.72 bits per heavy atom. The predicted octanol–water partition coefficient (Wildman–Crippen LogP) is 4.12. The third-order valence-corrected chi connectivity index (χ3v) is 4.09. The van der Waals surface area contributed by atoms with Gasteiger partial charge in [-0.05, 0) is 43.5 Å². The lowest BCUT2D eigenvalue weighted by atomic mass is 10.0. The largest absolute Gasteiger partial charge is 0.493 e. The highest BCUT2D eigenvalue weighted by Gasteiger charge is 2.13. The van der Waals surface area contributed by atoms with Gasteiger partial charge in [-0.25, -0.2) is 0 Å². The number of aromatic hydroxyl groups is 1. The number of carbonyl (C=O) groups is 1. The molecule has 0 unspecified atom stereocenters. The lowest BCUT2D eigenvalue weighted by Crippen LogP contribution is -2.10. The molecule has 2 aromatic heterocycles. The van der Waals surface area contributed by atoms with Crippen molar-refractivity contribution in [3.05, 3.63) is 41.2 Å². The quantitative estimate of drug-likeness (QED) is 0.700. The molecule has 0 fully saturated rings. The summed E-state index contributed by atoms with van der Waals surface area (Å²) in [6.45, 7) is 7.94. The summed E-state index contributed by atoms with van der Waals surface area (Å²) in [5.74, 6) is -0.183. The Labute approximate surface area is 145 Å². The van der Waals surface area contributed by atoms with E-state index in [9.17, 15) is 9.90 Å². The number of hydrogen-bond acceptors (Lipinski definition) is 4. The Balaban J connectivity index is 1.87. The van der Waals surface area contributed by atoms with Crippen LogP contribution in [-0.2, 0) is 11.3 Å². The van der Waals surface area contributed by atoms with E-state index >= 15 is 0 Å². The van der Waals surface area contributed by atoms with E-state index in [1.807, 2.05) is 38.1 Å². The van der Waals surface area contributed by atoms with Gasteiger partial charge < -0.3 is 10.1 Å². The number of H-pyrrole nitrogens is 1. The molecular formula is C18H21N5O2. The number of nitrogens with zero attached hydrogens (tertiary/aromatic N) is 4. The summed E-state index contributed by atoms with van der Waals surface area (Å²) in [7, 11) is 0. The number of rotatable bonds is 4. The zero-order valence-corrected chi connectivity index (χ0v) is 14.7. The molecule has 0 bridgehead atoms. The number of amides is 1. The van der Waals surface area contributed by atoms with E-state index in [4.69, 9.17) is 0 Å². The van der Waals surface area contributed by atoms with Gasteiger partial charge >= 0.3 is 0 Å². The number of aromatic amines is 1. The third-order valence-electron chi connectivity index (χ3n) is 4.09. The van der Waals surface area contributed by atoms with Gasteiger partial charge in [0.25, 0.3) is 5.91 Å². The van der Waals surface area contributed by atoms with E-state index in [2.05, 4.69) is 34.2 Å². The van der Waals surface area contributed by atoms with Gasteiger partial charge in [0.2, 0.25) is 5.88 Å². The Morgan fingerprint density at radius 2 is 2.08 bits per heavy atom. The van der Waals surface area contributed by atoms with Gasteiger partial charge in [0, 0.05) is 11.1 Å². The number of nitrogens with one attached hydrogen (secondary N) is 1. The highest BCUT2D eigenvalue weighted by Crippen LogP contribution is 2.36. The van der Waals surface area contributed by atoms with Crippen molar-refractivity contribution in [2.75, 3.05) is 0 Å². The molecule has 0 atom stereocenters. The molecule has 1 amide bonds. The minimum Gasteiger partial charge on any atom is -0.493 e. The smallest absolute Gasteiger partial charge is 0.286 e. The Morgan fingerprint density at radius 1 is 1.32 bits per heavy atom. The maximum absolute atomic E-state index is 12.1. The predicted molar refractivity (Wildman–Crippen MR) is 95.3 cm³/mol. The van der Waals surface area contributed by atoms with Crippen LogP contribution in [0.15, 0.2) is 34.5 Å². The van der Waals surface area contributed by atoms with Gasteiger partial charge in [-0.1, -0.05) is 19.9 Å². The van der Waals surface area contributed by atoms with Crippen LogP contribution in [0, 0.1) is 13.8 Å². The lowest BCUT2D eigenvalue weighted by Gasteiger charge is -2.04. The first kappa shape index (κ1) is 16.9. The molecule has 0 aliphatic heterocycles. The SMILES string of the molecule is Cc1cc(C)n(CC(=O)N=Nc2c(O)[nH]c3ccc(C(C)C)cc23)n1. The van der Waals surface area contributed by atoms with Crippen LogP contribution < -0.4 is 0 Å². The van der Waals surface area contributed by atoms with E-state index in [1.54, 1.807) is 4.68 Å². The van der Waals surface area contributed by atoms with Crippen molar-refractivity contribution < 1.29 is 9.90 Å². The number of azo groups is 1. The fourth-order valence-electron chi connectivity index (χ4n) is 2.74. The van der Waals surface area contributed by atoms with E-state index in [0.717, 1.165) is 27.9 Å². The Bertz CT molecular complexity index is 965. The monoisotopic (exact) mass is 339 g/mol. The van der Waals surface area contributed by atoms with Crippen molar-refractivity contribution >= 4 is 22.5 Å². The summed E-state index contributed by atoms with van der Waals surface area (Å²) >= 11 is 0. The second-order valence-corrected chi connectivity index (χ2v) is 6.46. The van der Waals surface area contributed by atoms with Crippen LogP contribution in [0.1, 0.15) is 36.7 Å². The van der Waals surface area contributed by atoms with Crippen LogP contribution in [0.25, 0.3) is 10.9 Å². The molecule has 1 aromatic carbocycles. The zero-order valence-electron chi connectivity index (χ0n) is 14.7. The standard InChI is InChI=1S/C18H21N5O2/c1-10(2)13-5-6-15-14(8-13)17(18(25)19-15)21-20-16(24)9-23-12(4)7-11(3)22-23/h5-8,10,19,25H,9H2,1-4H3.